The van der Waals surface area contributed by atoms with E-state index in [1.54, 1.807) is 0 Å². The van der Waals surface area contributed by atoms with Crippen molar-refractivity contribution in [3.63, 3.8) is 0 Å². The average Bonchev–Trinajstić information content (AvgIpc) is 2.20. The first kappa shape index (κ1) is 14.7. The van der Waals surface area contributed by atoms with Gasteiger partial charge in [-0.25, -0.2) is 0 Å². The van der Waals surface area contributed by atoms with Crippen LogP contribution in [0.5, 0.6) is 0 Å². The molecule has 0 saturated heterocycles. The zero-order valence-corrected chi connectivity index (χ0v) is 11.5. The SMILES string of the molecule is CCCCCCCCP(Cl)CCCC. The quantitative estimate of drug-likeness (QED) is 0.333. The molecule has 0 aliphatic carbocycles. The number of halogens is 1. The molecule has 0 spiro atoms. The van der Waals surface area contributed by atoms with Crippen molar-refractivity contribution in [3.05, 3.63) is 0 Å². The summed E-state index contributed by atoms with van der Waals surface area (Å²) in [5.41, 5.74) is 0. The summed E-state index contributed by atoms with van der Waals surface area (Å²) in [5.74, 6) is 0. The van der Waals surface area contributed by atoms with E-state index in [2.05, 4.69) is 13.8 Å². The number of hydrogen-bond donors (Lipinski definition) is 0. The minimum Gasteiger partial charge on any atom is -0.0964 e. The minimum atomic E-state index is -0.139. The highest BCUT2D eigenvalue weighted by Gasteiger charge is 2.02. The highest BCUT2D eigenvalue weighted by atomic mass is 35.7. The fraction of sp³-hybridized carbons (Fsp3) is 1.00. The van der Waals surface area contributed by atoms with Gasteiger partial charge in [-0.15, -0.1) is 0 Å². The summed E-state index contributed by atoms with van der Waals surface area (Å²) >= 11 is 6.26. The van der Waals surface area contributed by atoms with Crippen molar-refractivity contribution in [1.82, 2.24) is 0 Å². The molecule has 0 aliphatic rings. The Bertz CT molecular complexity index is 106. The molecule has 0 radical (unpaired) electrons. The number of rotatable bonds is 10. The maximum Gasteiger partial charge on any atom is -0.00973 e. The Morgan fingerprint density at radius 2 is 1.21 bits per heavy atom. The molecule has 0 N–H and O–H groups in total. The van der Waals surface area contributed by atoms with Gasteiger partial charge in [0, 0.05) is 0 Å². The molecule has 14 heavy (non-hydrogen) atoms. The lowest BCUT2D eigenvalue weighted by Gasteiger charge is -2.08. The van der Waals surface area contributed by atoms with E-state index in [9.17, 15) is 0 Å². The molecule has 0 aromatic rings. The largest absolute Gasteiger partial charge is 0.0964 e. The summed E-state index contributed by atoms with van der Waals surface area (Å²) in [6.07, 6.45) is 13.6. The van der Waals surface area contributed by atoms with Crippen molar-refractivity contribution in [3.8, 4) is 0 Å². The van der Waals surface area contributed by atoms with E-state index in [-0.39, 0.29) is 7.27 Å². The van der Waals surface area contributed by atoms with Crippen LogP contribution < -0.4 is 0 Å². The van der Waals surface area contributed by atoms with Crippen LogP contribution in [0.25, 0.3) is 0 Å². The third kappa shape index (κ3) is 10.8. The lowest BCUT2D eigenvalue weighted by Crippen LogP contribution is -1.86. The van der Waals surface area contributed by atoms with E-state index in [0.717, 1.165) is 0 Å². The third-order valence-electron chi connectivity index (χ3n) is 2.51. The van der Waals surface area contributed by atoms with Gasteiger partial charge in [-0.2, -0.15) is 0 Å². The predicted molar refractivity (Wildman–Crippen MR) is 70.8 cm³/mol. The van der Waals surface area contributed by atoms with Crippen LogP contribution in [0, 0.1) is 0 Å². The standard InChI is InChI=1S/C12H26ClP/c1-3-5-7-8-9-10-12-14(13)11-6-4-2/h3-12H2,1-2H3. The summed E-state index contributed by atoms with van der Waals surface area (Å²) in [6.45, 7) is 4.51. The summed E-state index contributed by atoms with van der Waals surface area (Å²) in [4.78, 5) is 0. The normalized spacial score (nSPS) is 13.1. The second kappa shape index (κ2) is 11.8. The van der Waals surface area contributed by atoms with E-state index >= 15 is 0 Å². The summed E-state index contributed by atoms with van der Waals surface area (Å²) in [7, 11) is -0.139. The Hall–Kier alpha value is 0.720. The first-order chi connectivity index (χ1) is 6.81. The Morgan fingerprint density at radius 3 is 1.86 bits per heavy atom. The molecule has 0 heterocycles. The molecule has 0 aliphatic heterocycles. The van der Waals surface area contributed by atoms with Crippen LogP contribution in [0.15, 0.2) is 0 Å². The van der Waals surface area contributed by atoms with Crippen molar-refractivity contribution in [2.45, 2.75) is 65.2 Å². The van der Waals surface area contributed by atoms with Crippen molar-refractivity contribution < 1.29 is 0 Å². The Labute approximate surface area is 96.3 Å². The van der Waals surface area contributed by atoms with Gasteiger partial charge in [0.25, 0.3) is 0 Å². The number of hydrogen-bond acceptors (Lipinski definition) is 0. The topological polar surface area (TPSA) is 0 Å². The zero-order valence-electron chi connectivity index (χ0n) is 9.90. The lowest BCUT2D eigenvalue weighted by molar-refractivity contribution is 0.626. The lowest BCUT2D eigenvalue weighted by atomic mass is 10.1. The van der Waals surface area contributed by atoms with Gasteiger partial charge in [-0.05, 0) is 32.4 Å². The molecular formula is C12H26ClP. The second-order valence-electron chi connectivity index (χ2n) is 4.03. The van der Waals surface area contributed by atoms with E-state index in [1.165, 1.54) is 63.7 Å². The molecule has 1 atom stereocenters. The molecule has 0 aromatic carbocycles. The first-order valence-corrected chi connectivity index (χ1v) is 8.83. The van der Waals surface area contributed by atoms with Crippen molar-refractivity contribution in [2.24, 2.45) is 0 Å². The zero-order chi connectivity index (χ0) is 10.6. The summed E-state index contributed by atoms with van der Waals surface area (Å²) < 4.78 is 0. The molecule has 0 nitrogen and oxygen atoms in total. The average molecular weight is 237 g/mol. The van der Waals surface area contributed by atoms with E-state index in [1.807, 2.05) is 0 Å². The maximum atomic E-state index is 6.26. The molecule has 1 unspecified atom stereocenters. The molecule has 0 fully saturated rings. The maximum absolute atomic E-state index is 6.26. The van der Waals surface area contributed by atoms with E-state index in [4.69, 9.17) is 11.2 Å². The second-order valence-corrected chi connectivity index (χ2v) is 7.29. The van der Waals surface area contributed by atoms with E-state index < -0.39 is 0 Å². The van der Waals surface area contributed by atoms with Crippen LogP contribution in [0.2, 0.25) is 0 Å². The highest BCUT2D eigenvalue weighted by Crippen LogP contribution is 2.42. The molecule has 86 valence electrons. The molecule has 0 bridgehead atoms. The van der Waals surface area contributed by atoms with Crippen molar-refractivity contribution in [2.75, 3.05) is 12.3 Å². The minimum absolute atomic E-state index is 0.139. The Balaban J connectivity index is 3.02. The molecule has 0 amide bonds. The van der Waals surface area contributed by atoms with Gasteiger partial charge in [0.2, 0.25) is 0 Å². The van der Waals surface area contributed by atoms with Gasteiger partial charge in [-0.3, -0.25) is 0 Å². The summed E-state index contributed by atoms with van der Waals surface area (Å²) in [5, 5.41) is 0. The number of unbranched alkanes of at least 4 members (excludes halogenated alkanes) is 6. The fourth-order valence-electron chi connectivity index (χ4n) is 1.51. The molecule has 2 heteroatoms. The monoisotopic (exact) mass is 236 g/mol. The van der Waals surface area contributed by atoms with Crippen LogP contribution >= 0.6 is 18.5 Å². The van der Waals surface area contributed by atoms with Gasteiger partial charge in [-0.1, -0.05) is 63.6 Å². The Kier molecular flexibility index (Phi) is 12.4. The molecule has 0 rings (SSSR count). The fourth-order valence-corrected chi connectivity index (χ4v) is 3.67. The predicted octanol–water partition coefficient (Wildman–Crippen LogP) is 5.78. The highest BCUT2D eigenvalue weighted by molar-refractivity contribution is 7.83. The van der Waals surface area contributed by atoms with Crippen molar-refractivity contribution >= 4 is 18.5 Å². The smallest absolute Gasteiger partial charge is 0.00973 e. The van der Waals surface area contributed by atoms with Crippen LogP contribution in [0.3, 0.4) is 0 Å². The summed E-state index contributed by atoms with van der Waals surface area (Å²) in [6, 6.07) is 0. The Morgan fingerprint density at radius 1 is 0.714 bits per heavy atom. The van der Waals surface area contributed by atoms with Gasteiger partial charge in [0.1, 0.15) is 0 Å². The molecule has 0 aromatic heterocycles. The van der Waals surface area contributed by atoms with Crippen LogP contribution in [-0.2, 0) is 0 Å². The molecule has 0 saturated carbocycles. The van der Waals surface area contributed by atoms with Crippen LogP contribution in [0.4, 0.5) is 0 Å². The molecular weight excluding hydrogens is 211 g/mol. The van der Waals surface area contributed by atoms with Gasteiger partial charge in [0.15, 0.2) is 0 Å². The van der Waals surface area contributed by atoms with Gasteiger partial charge in [0.05, 0.1) is 0 Å². The first-order valence-electron chi connectivity index (χ1n) is 6.22. The van der Waals surface area contributed by atoms with Gasteiger partial charge < -0.3 is 0 Å². The third-order valence-corrected chi connectivity index (χ3v) is 5.13. The van der Waals surface area contributed by atoms with Crippen LogP contribution in [-0.4, -0.2) is 12.3 Å². The van der Waals surface area contributed by atoms with Crippen molar-refractivity contribution in [1.29, 1.82) is 0 Å². The van der Waals surface area contributed by atoms with Crippen LogP contribution in [0.1, 0.15) is 65.2 Å². The van der Waals surface area contributed by atoms with E-state index in [0.29, 0.717) is 0 Å². The van der Waals surface area contributed by atoms with Gasteiger partial charge >= 0.3 is 0 Å².